The normalized spacial score (nSPS) is 11.8. The van der Waals surface area contributed by atoms with E-state index in [1.54, 1.807) is 6.26 Å². The van der Waals surface area contributed by atoms with Crippen LogP contribution in [-0.4, -0.2) is 25.8 Å². The molecule has 5 nitrogen and oxygen atoms in total. The first-order chi connectivity index (χ1) is 15.5. The summed E-state index contributed by atoms with van der Waals surface area (Å²) in [5.41, 5.74) is 4.45. The van der Waals surface area contributed by atoms with Crippen LogP contribution in [-0.2, 0) is 22.4 Å². The third-order valence-corrected chi connectivity index (χ3v) is 5.50. The minimum Gasteiger partial charge on any atom is -0.493 e. The zero-order valence-electron chi connectivity index (χ0n) is 19.4. The highest BCUT2D eigenvalue weighted by Crippen LogP contribution is 2.32. The lowest BCUT2D eigenvalue weighted by Crippen LogP contribution is -2.16. The highest BCUT2D eigenvalue weighted by Gasteiger charge is 2.13. The summed E-state index contributed by atoms with van der Waals surface area (Å²) in [6, 6.07) is 16.0. The van der Waals surface area contributed by atoms with Crippen molar-refractivity contribution in [3.63, 3.8) is 0 Å². The Morgan fingerprint density at radius 1 is 1.12 bits per heavy atom. The van der Waals surface area contributed by atoms with E-state index in [0.717, 1.165) is 46.8 Å². The molecule has 0 saturated heterocycles. The van der Waals surface area contributed by atoms with Gasteiger partial charge in [-0.2, -0.15) is 0 Å². The van der Waals surface area contributed by atoms with Gasteiger partial charge in [0.2, 0.25) is 0 Å². The highest BCUT2D eigenvalue weighted by atomic mass is 16.5. The third kappa shape index (κ3) is 6.39. The molecule has 3 aromatic rings. The van der Waals surface area contributed by atoms with E-state index in [2.05, 4.69) is 19.1 Å². The fraction of sp³-hybridized carbons (Fsp3) is 0.370. The van der Waals surface area contributed by atoms with Crippen LogP contribution in [0, 0.1) is 6.92 Å². The molecular weight excluding hydrogens is 404 g/mol. The number of aryl methyl sites for hydroxylation is 3. The fourth-order valence-electron chi connectivity index (χ4n) is 3.52. The maximum Gasteiger partial charge on any atom is 0.305 e. The zero-order chi connectivity index (χ0) is 22.9. The second kappa shape index (κ2) is 11.4. The Bertz CT molecular complexity index is 1010. The zero-order valence-corrected chi connectivity index (χ0v) is 19.4. The molecule has 0 saturated carbocycles. The number of benzene rings is 2. The van der Waals surface area contributed by atoms with Gasteiger partial charge >= 0.3 is 5.97 Å². The molecule has 2 aromatic carbocycles. The Morgan fingerprint density at radius 3 is 2.66 bits per heavy atom. The molecule has 32 heavy (non-hydrogen) atoms. The SMILES string of the molecule is CCc1ccc(OC(C)CCOc2ccc(CCC(=O)OC)c(C)c2)c(-c2ccco2)c1. The summed E-state index contributed by atoms with van der Waals surface area (Å²) < 4.78 is 22.5. The molecule has 1 unspecified atom stereocenters. The van der Waals surface area contributed by atoms with Crippen molar-refractivity contribution in [2.75, 3.05) is 13.7 Å². The Labute approximate surface area is 190 Å². The van der Waals surface area contributed by atoms with E-state index in [0.29, 0.717) is 19.4 Å². The molecule has 0 aliphatic rings. The van der Waals surface area contributed by atoms with Crippen LogP contribution in [0.1, 0.15) is 43.4 Å². The van der Waals surface area contributed by atoms with Gasteiger partial charge in [-0.3, -0.25) is 4.79 Å². The number of methoxy groups -OCH3 is 1. The number of carbonyl (C=O) groups excluding carboxylic acids is 1. The Balaban J connectivity index is 1.54. The Hall–Kier alpha value is -3.21. The Kier molecular flexibility index (Phi) is 8.37. The third-order valence-electron chi connectivity index (χ3n) is 5.50. The molecule has 5 heteroatoms. The van der Waals surface area contributed by atoms with Gasteiger partial charge < -0.3 is 18.6 Å². The van der Waals surface area contributed by atoms with E-state index in [-0.39, 0.29) is 12.1 Å². The number of hydrogen-bond donors (Lipinski definition) is 0. The summed E-state index contributed by atoms with van der Waals surface area (Å²) in [5.74, 6) is 2.25. The predicted octanol–water partition coefficient (Wildman–Crippen LogP) is 6.16. The van der Waals surface area contributed by atoms with Crippen molar-refractivity contribution in [3.05, 3.63) is 71.5 Å². The first-order valence-electron chi connectivity index (χ1n) is 11.1. The largest absolute Gasteiger partial charge is 0.493 e. The molecule has 0 aliphatic carbocycles. The first-order valence-corrected chi connectivity index (χ1v) is 11.1. The molecule has 3 rings (SSSR count). The standard InChI is InChI=1S/C27H32O5/c1-5-21-8-12-26(24(18-21)25-7-6-15-31-25)32-20(3)14-16-30-23-11-9-22(19(2)17-23)10-13-27(28)29-4/h6-9,11-12,15,17-18,20H,5,10,13-14,16H2,1-4H3. The van der Waals surface area contributed by atoms with Crippen molar-refractivity contribution in [1.82, 2.24) is 0 Å². The molecule has 0 aliphatic heterocycles. The number of esters is 1. The van der Waals surface area contributed by atoms with Crippen molar-refractivity contribution in [2.24, 2.45) is 0 Å². The van der Waals surface area contributed by atoms with Gasteiger partial charge in [0.25, 0.3) is 0 Å². The number of ether oxygens (including phenoxy) is 3. The lowest BCUT2D eigenvalue weighted by atomic mass is 10.0. The maximum absolute atomic E-state index is 11.4. The molecule has 1 heterocycles. The first kappa shape index (κ1) is 23.5. The van der Waals surface area contributed by atoms with Gasteiger partial charge in [0, 0.05) is 12.8 Å². The van der Waals surface area contributed by atoms with Crippen molar-refractivity contribution >= 4 is 5.97 Å². The van der Waals surface area contributed by atoms with E-state index in [4.69, 9.17) is 18.6 Å². The maximum atomic E-state index is 11.4. The molecule has 0 amide bonds. The summed E-state index contributed by atoms with van der Waals surface area (Å²) >= 11 is 0. The molecule has 0 radical (unpaired) electrons. The predicted molar refractivity (Wildman–Crippen MR) is 125 cm³/mol. The van der Waals surface area contributed by atoms with Crippen molar-refractivity contribution in [1.29, 1.82) is 0 Å². The summed E-state index contributed by atoms with van der Waals surface area (Å²) in [5, 5.41) is 0. The fourth-order valence-corrected chi connectivity index (χ4v) is 3.52. The van der Waals surface area contributed by atoms with Gasteiger partial charge in [0.15, 0.2) is 0 Å². The summed E-state index contributed by atoms with van der Waals surface area (Å²) in [4.78, 5) is 11.4. The van der Waals surface area contributed by atoms with Crippen LogP contribution in [0.15, 0.2) is 59.2 Å². The van der Waals surface area contributed by atoms with Gasteiger partial charge in [-0.25, -0.2) is 0 Å². The van der Waals surface area contributed by atoms with E-state index in [1.807, 2.05) is 50.2 Å². The van der Waals surface area contributed by atoms with Crippen molar-refractivity contribution in [3.8, 4) is 22.8 Å². The minimum atomic E-state index is -0.196. The van der Waals surface area contributed by atoms with E-state index < -0.39 is 0 Å². The van der Waals surface area contributed by atoms with Crippen molar-refractivity contribution in [2.45, 2.75) is 52.6 Å². The molecule has 0 spiro atoms. The molecule has 1 atom stereocenters. The molecular formula is C27H32O5. The van der Waals surface area contributed by atoms with Crippen LogP contribution in [0.25, 0.3) is 11.3 Å². The van der Waals surface area contributed by atoms with Crippen LogP contribution >= 0.6 is 0 Å². The monoisotopic (exact) mass is 436 g/mol. The number of carbonyl (C=O) groups is 1. The van der Waals surface area contributed by atoms with Crippen LogP contribution in [0.4, 0.5) is 0 Å². The van der Waals surface area contributed by atoms with E-state index >= 15 is 0 Å². The summed E-state index contributed by atoms with van der Waals surface area (Å²) in [7, 11) is 1.41. The number of rotatable bonds is 11. The van der Waals surface area contributed by atoms with E-state index in [9.17, 15) is 4.79 Å². The van der Waals surface area contributed by atoms with Gasteiger partial charge in [0.05, 0.1) is 31.6 Å². The number of furan rings is 1. The van der Waals surface area contributed by atoms with Crippen LogP contribution in [0.5, 0.6) is 11.5 Å². The van der Waals surface area contributed by atoms with Crippen LogP contribution < -0.4 is 9.47 Å². The molecule has 1 aromatic heterocycles. The van der Waals surface area contributed by atoms with Gasteiger partial charge in [-0.05, 0) is 79.8 Å². The smallest absolute Gasteiger partial charge is 0.305 e. The van der Waals surface area contributed by atoms with Crippen LogP contribution in [0.2, 0.25) is 0 Å². The molecule has 0 fully saturated rings. The van der Waals surface area contributed by atoms with Gasteiger partial charge in [-0.15, -0.1) is 0 Å². The number of hydrogen-bond acceptors (Lipinski definition) is 5. The van der Waals surface area contributed by atoms with Gasteiger partial charge in [-0.1, -0.05) is 19.1 Å². The second-order valence-corrected chi connectivity index (χ2v) is 7.89. The minimum absolute atomic E-state index is 0.0170. The second-order valence-electron chi connectivity index (χ2n) is 7.89. The topological polar surface area (TPSA) is 57.9 Å². The summed E-state index contributed by atoms with van der Waals surface area (Å²) in [6.07, 6.45) is 4.41. The van der Waals surface area contributed by atoms with E-state index in [1.165, 1.54) is 12.7 Å². The summed E-state index contributed by atoms with van der Waals surface area (Å²) in [6.45, 7) is 6.76. The molecule has 0 N–H and O–H groups in total. The Morgan fingerprint density at radius 2 is 1.97 bits per heavy atom. The van der Waals surface area contributed by atoms with Crippen LogP contribution in [0.3, 0.4) is 0 Å². The molecule has 0 bridgehead atoms. The average molecular weight is 437 g/mol. The van der Waals surface area contributed by atoms with Gasteiger partial charge in [0.1, 0.15) is 17.3 Å². The molecule has 170 valence electrons. The lowest BCUT2D eigenvalue weighted by Gasteiger charge is -2.18. The lowest BCUT2D eigenvalue weighted by molar-refractivity contribution is -0.140. The average Bonchev–Trinajstić information content (AvgIpc) is 3.33. The quantitative estimate of drug-likeness (QED) is 0.337. The highest BCUT2D eigenvalue weighted by molar-refractivity contribution is 5.69. The van der Waals surface area contributed by atoms with Crippen molar-refractivity contribution < 1.29 is 23.4 Å².